The van der Waals surface area contributed by atoms with Crippen molar-refractivity contribution in [2.24, 2.45) is 7.05 Å². The van der Waals surface area contributed by atoms with Gasteiger partial charge in [-0.25, -0.2) is 0 Å². The minimum absolute atomic E-state index is 0.0804. The molecule has 0 saturated heterocycles. The van der Waals surface area contributed by atoms with E-state index in [2.05, 4.69) is 31.7 Å². The lowest BCUT2D eigenvalue weighted by atomic mass is 10.1. The third-order valence-corrected chi connectivity index (χ3v) is 5.92. The van der Waals surface area contributed by atoms with Gasteiger partial charge in [-0.05, 0) is 40.7 Å². The van der Waals surface area contributed by atoms with E-state index in [1.165, 1.54) is 11.3 Å². The van der Waals surface area contributed by atoms with Crippen molar-refractivity contribution < 1.29 is 4.79 Å². The molecule has 25 heavy (non-hydrogen) atoms. The largest absolute Gasteiger partial charge is 0.343 e. The average Bonchev–Trinajstić information content (AvgIpc) is 3.20. The van der Waals surface area contributed by atoms with Crippen molar-refractivity contribution in [1.82, 2.24) is 20.4 Å². The molecule has 2 heterocycles. The Morgan fingerprint density at radius 3 is 2.72 bits per heavy atom. The van der Waals surface area contributed by atoms with Gasteiger partial charge in [0.15, 0.2) is 0 Å². The standard InChI is InChI=1S/C18H19BrN4OS/c1-20-11-14(12-6-4-3-5-7-12)22-18(24)16-10-13(19)17(25-16)15-8-9-21-23(15)2/h3-10,14,20H,11H2,1-2H3,(H,22,24). The second-order valence-corrected chi connectivity index (χ2v) is 7.53. The summed E-state index contributed by atoms with van der Waals surface area (Å²) in [7, 11) is 3.77. The van der Waals surface area contributed by atoms with Gasteiger partial charge in [0, 0.05) is 24.3 Å². The first-order chi connectivity index (χ1) is 12.1. The number of rotatable bonds is 6. The van der Waals surface area contributed by atoms with Crippen LogP contribution in [0, 0.1) is 0 Å². The Morgan fingerprint density at radius 2 is 2.08 bits per heavy atom. The Kier molecular flexibility index (Phi) is 5.67. The number of aromatic nitrogens is 2. The second kappa shape index (κ2) is 7.95. The van der Waals surface area contributed by atoms with Crippen LogP contribution in [0.4, 0.5) is 0 Å². The maximum atomic E-state index is 12.8. The molecule has 5 nitrogen and oxygen atoms in total. The van der Waals surface area contributed by atoms with Crippen molar-refractivity contribution in [1.29, 1.82) is 0 Å². The first kappa shape index (κ1) is 17.8. The normalized spacial score (nSPS) is 12.1. The summed E-state index contributed by atoms with van der Waals surface area (Å²) in [6.07, 6.45) is 1.75. The first-order valence-corrected chi connectivity index (χ1v) is 9.49. The highest BCUT2D eigenvalue weighted by atomic mass is 79.9. The highest BCUT2D eigenvalue weighted by Gasteiger charge is 2.19. The molecule has 1 atom stereocenters. The van der Waals surface area contributed by atoms with Gasteiger partial charge in [-0.1, -0.05) is 30.3 Å². The van der Waals surface area contributed by atoms with Crippen LogP contribution in [0.1, 0.15) is 21.3 Å². The number of benzene rings is 1. The van der Waals surface area contributed by atoms with E-state index in [1.807, 2.05) is 56.6 Å². The number of hydrogen-bond acceptors (Lipinski definition) is 4. The molecule has 0 aliphatic carbocycles. The van der Waals surface area contributed by atoms with E-state index in [4.69, 9.17) is 0 Å². The fourth-order valence-corrected chi connectivity index (χ4v) is 4.46. The molecule has 7 heteroatoms. The summed E-state index contributed by atoms with van der Waals surface area (Å²) in [6.45, 7) is 0.664. The van der Waals surface area contributed by atoms with Crippen LogP contribution in [0.2, 0.25) is 0 Å². The van der Waals surface area contributed by atoms with Crippen LogP contribution in [-0.2, 0) is 7.05 Å². The zero-order valence-corrected chi connectivity index (χ0v) is 16.4. The van der Waals surface area contributed by atoms with Gasteiger partial charge in [0.1, 0.15) is 0 Å². The summed E-state index contributed by atoms with van der Waals surface area (Å²) < 4.78 is 2.70. The van der Waals surface area contributed by atoms with Crippen molar-refractivity contribution in [3.05, 3.63) is 63.6 Å². The van der Waals surface area contributed by atoms with E-state index >= 15 is 0 Å². The van der Waals surface area contributed by atoms with Crippen molar-refractivity contribution in [3.8, 4) is 10.6 Å². The minimum atomic E-state index is -0.0836. The van der Waals surface area contributed by atoms with Gasteiger partial charge in [0.25, 0.3) is 5.91 Å². The van der Waals surface area contributed by atoms with Crippen LogP contribution in [0.3, 0.4) is 0 Å². The SMILES string of the molecule is CNCC(NC(=O)c1cc(Br)c(-c2ccnn2C)s1)c1ccccc1. The Morgan fingerprint density at radius 1 is 1.32 bits per heavy atom. The van der Waals surface area contributed by atoms with Crippen LogP contribution < -0.4 is 10.6 Å². The molecular formula is C18H19BrN4OS. The number of carbonyl (C=O) groups is 1. The molecule has 130 valence electrons. The van der Waals surface area contributed by atoms with Crippen molar-refractivity contribution in [2.75, 3.05) is 13.6 Å². The van der Waals surface area contributed by atoms with Crippen LogP contribution in [0.5, 0.6) is 0 Å². The summed E-state index contributed by atoms with van der Waals surface area (Å²) in [5, 5.41) is 10.4. The highest BCUT2D eigenvalue weighted by molar-refractivity contribution is 9.10. The van der Waals surface area contributed by atoms with Crippen molar-refractivity contribution >= 4 is 33.2 Å². The van der Waals surface area contributed by atoms with Gasteiger partial charge in [-0.15, -0.1) is 11.3 Å². The fourth-order valence-electron chi connectivity index (χ4n) is 2.62. The van der Waals surface area contributed by atoms with Gasteiger partial charge in [0.05, 0.1) is 21.5 Å². The summed E-state index contributed by atoms with van der Waals surface area (Å²) >= 11 is 5.01. The Balaban J connectivity index is 1.82. The van der Waals surface area contributed by atoms with Gasteiger partial charge >= 0.3 is 0 Å². The number of halogens is 1. The van der Waals surface area contributed by atoms with Gasteiger partial charge in [-0.2, -0.15) is 5.10 Å². The van der Waals surface area contributed by atoms with Crippen LogP contribution in [0.25, 0.3) is 10.6 Å². The van der Waals surface area contributed by atoms with E-state index < -0.39 is 0 Å². The minimum Gasteiger partial charge on any atom is -0.343 e. The molecule has 0 saturated carbocycles. The number of nitrogens with one attached hydrogen (secondary N) is 2. The number of hydrogen-bond donors (Lipinski definition) is 2. The quantitative estimate of drug-likeness (QED) is 0.642. The van der Waals surface area contributed by atoms with Crippen LogP contribution >= 0.6 is 27.3 Å². The molecule has 0 fully saturated rings. The molecule has 1 amide bonds. The number of amides is 1. The number of carbonyl (C=O) groups excluding carboxylic acids is 1. The maximum absolute atomic E-state index is 12.8. The molecule has 1 unspecified atom stereocenters. The zero-order valence-electron chi connectivity index (χ0n) is 14.0. The summed E-state index contributed by atoms with van der Waals surface area (Å²) in [5.74, 6) is -0.0804. The Labute approximate surface area is 159 Å². The van der Waals surface area contributed by atoms with E-state index in [9.17, 15) is 4.79 Å². The molecule has 0 spiro atoms. The van der Waals surface area contributed by atoms with E-state index in [0.717, 1.165) is 20.6 Å². The van der Waals surface area contributed by atoms with Crippen LogP contribution in [0.15, 0.2) is 53.1 Å². The molecule has 0 aliphatic rings. The lowest BCUT2D eigenvalue weighted by Gasteiger charge is -2.18. The number of aryl methyl sites for hydroxylation is 1. The summed E-state index contributed by atoms with van der Waals surface area (Å²) in [4.78, 5) is 14.4. The monoisotopic (exact) mass is 418 g/mol. The molecule has 0 bridgehead atoms. The van der Waals surface area contributed by atoms with Crippen molar-refractivity contribution in [2.45, 2.75) is 6.04 Å². The second-order valence-electron chi connectivity index (χ2n) is 5.62. The molecule has 3 aromatic rings. The van der Waals surface area contributed by atoms with E-state index in [-0.39, 0.29) is 11.9 Å². The first-order valence-electron chi connectivity index (χ1n) is 7.88. The number of thiophene rings is 1. The highest BCUT2D eigenvalue weighted by Crippen LogP contribution is 2.36. The number of nitrogens with zero attached hydrogens (tertiary/aromatic N) is 2. The Hall–Kier alpha value is -1.96. The fraction of sp³-hybridized carbons (Fsp3) is 0.222. The van der Waals surface area contributed by atoms with Gasteiger partial charge < -0.3 is 10.6 Å². The zero-order chi connectivity index (χ0) is 17.8. The predicted octanol–water partition coefficient (Wildman–Crippen LogP) is 3.60. The molecule has 0 radical (unpaired) electrons. The lowest BCUT2D eigenvalue weighted by molar-refractivity contribution is 0.0940. The molecule has 1 aromatic carbocycles. The molecule has 2 aromatic heterocycles. The average molecular weight is 419 g/mol. The third kappa shape index (κ3) is 4.00. The smallest absolute Gasteiger partial charge is 0.261 e. The van der Waals surface area contributed by atoms with Crippen LogP contribution in [-0.4, -0.2) is 29.3 Å². The topological polar surface area (TPSA) is 58.9 Å². The van der Waals surface area contributed by atoms with Crippen molar-refractivity contribution in [3.63, 3.8) is 0 Å². The molecule has 2 N–H and O–H groups in total. The molecule has 3 rings (SSSR count). The molecular weight excluding hydrogens is 400 g/mol. The predicted molar refractivity (Wildman–Crippen MR) is 105 cm³/mol. The summed E-state index contributed by atoms with van der Waals surface area (Å²) in [6, 6.07) is 13.7. The van der Waals surface area contributed by atoms with E-state index in [1.54, 1.807) is 10.9 Å². The van der Waals surface area contributed by atoms with Gasteiger partial charge in [0.2, 0.25) is 0 Å². The van der Waals surface area contributed by atoms with E-state index in [0.29, 0.717) is 11.4 Å². The maximum Gasteiger partial charge on any atom is 0.261 e. The third-order valence-electron chi connectivity index (χ3n) is 3.88. The summed E-state index contributed by atoms with van der Waals surface area (Å²) in [5.41, 5.74) is 2.05. The Bertz CT molecular complexity index is 859. The molecule has 0 aliphatic heterocycles. The van der Waals surface area contributed by atoms with Gasteiger partial charge in [-0.3, -0.25) is 9.48 Å². The number of likely N-dealkylation sites (N-methyl/N-ethyl adjacent to an activating group) is 1. The lowest BCUT2D eigenvalue weighted by Crippen LogP contribution is -2.34.